The number of carbonyl (C=O) groups excluding carboxylic acids is 1. The standard InChI is InChI=1S/C20H29FN4O2.HI/c1-25(2)18(26)12-23-19(22-11-15-6-9-27-13-15)24-14-20(7-8-20)16-4-3-5-17(21)10-16;/h3-5,10,15H,6-9,11-14H2,1-2H3,(H2,22,23,24);1H. The fraction of sp³-hybridized carbons (Fsp3) is 0.600. The second kappa shape index (κ2) is 10.4. The molecular weight excluding hydrogens is 474 g/mol. The average Bonchev–Trinajstić information content (AvgIpc) is 3.26. The van der Waals surface area contributed by atoms with Gasteiger partial charge in [-0.2, -0.15) is 0 Å². The van der Waals surface area contributed by atoms with Crippen molar-refractivity contribution in [2.24, 2.45) is 10.9 Å². The number of guanidine groups is 1. The van der Waals surface area contributed by atoms with Gasteiger partial charge in [0.05, 0.1) is 6.61 Å². The number of aliphatic imine (C=N–C) groups is 1. The van der Waals surface area contributed by atoms with Crippen LogP contribution in [0.25, 0.3) is 0 Å². The van der Waals surface area contributed by atoms with Crippen LogP contribution in [0.1, 0.15) is 24.8 Å². The number of halogens is 2. The quantitative estimate of drug-likeness (QED) is 0.340. The summed E-state index contributed by atoms with van der Waals surface area (Å²) in [5.41, 5.74) is 0.968. The summed E-state index contributed by atoms with van der Waals surface area (Å²) in [5, 5.41) is 6.70. The molecule has 3 rings (SSSR count). The van der Waals surface area contributed by atoms with Gasteiger partial charge in [0.25, 0.3) is 0 Å². The molecule has 1 aliphatic heterocycles. The summed E-state index contributed by atoms with van der Waals surface area (Å²) in [7, 11) is 3.44. The lowest BCUT2D eigenvalue weighted by molar-refractivity contribution is -0.127. The van der Waals surface area contributed by atoms with Crippen molar-refractivity contribution in [3.8, 4) is 0 Å². The maximum absolute atomic E-state index is 13.6. The minimum atomic E-state index is -0.205. The van der Waals surface area contributed by atoms with Gasteiger partial charge in [-0.1, -0.05) is 12.1 Å². The molecule has 1 unspecified atom stereocenters. The molecule has 0 spiro atoms. The van der Waals surface area contributed by atoms with E-state index in [0.29, 0.717) is 18.4 Å². The van der Waals surface area contributed by atoms with Gasteiger partial charge in [0.1, 0.15) is 12.4 Å². The van der Waals surface area contributed by atoms with E-state index in [0.717, 1.165) is 44.6 Å². The van der Waals surface area contributed by atoms with E-state index in [1.807, 2.05) is 6.07 Å². The van der Waals surface area contributed by atoms with Gasteiger partial charge < -0.3 is 20.3 Å². The maximum atomic E-state index is 13.6. The maximum Gasteiger partial charge on any atom is 0.243 e. The third-order valence-corrected chi connectivity index (χ3v) is 5.34. The molecule has 8 heteroatoms. The number of nitrogens with zero attached hydrogens (tertiary/aromatic N) is 2. The number of ether oxygens (including phenoxy) is 1. The van der Waals surface area contributed by atoms with Gasteiger partial charge >= 0.3 is 0 Å². The number of amides is 1. The molecule has 0 bridgehead atoms. The van der Waals surface area contributed by atoms with E-state index >= 15 is 0 Å². The van der Waals surface area contributed by atoms with Crippen molar-refractivity contribution in [1.82, 2.24) is 15.5 Å². The Morgan fingerprint density at radius 1 is 1.36 bits per heavy atom. The van der Waals surface area contributed by atoms with E-state index in [4.69, 9.17) is 4.74 Å². The second-order valence-electron chi connectivity index (χ2n) is 7.71. The third kappa shape index (κ3) is 6.30. The van der Waals surface area contributed by atoms with Crippen LogP contribution in [0.3, 0.4) is 0 Å². The first-order valence-corrected chi connectivity index (χ1v) is 9.55. The first-order chi connectivity index (χ1) is 13.0. The normalized spacial score (nSPS) is 20.2. The van der Waals surface area contributed by atoms with Gasteiger partial charge in [-0.05, 0) is 37.0 Å². The molecule has 1 saturated carbocycles. The number of hydrogen-bond acceptors (Lipinski definition) is 3. The van der Waals surface area contributed by atoms with Gasteiger partial charge in [0.2, 0.25) is 5.91 Å². The summed E-state index contributed by atoms with van der Waals surface area (Å²) in [6, 6.07) is 6.82. The number of nitrogens with one attached hydrogen (secondary N) is 2. The van der Waals surface area contributed by atoms with E-state index < -0.39 is 0 Å². The second-order valence-corrected chi connectivity index (χ2v) is 7.71. The Morgan fingerprint density at radius 2 is 2.14 bits per heavy atom. The third-order valence-electron chi connectivity index (χ3n) is 5.34. The molecule has 2 N–H and O–H groups in total. The van der Waals surface area contributed by atoms with E-state index in [1.54, 1.807) is 26.2 Å². The highest BCUT2D eigenvalue weighted by atomic mass is 127. The van der Waals surface area contributed by atoms with Crippen molar-refractivity contribution in [2.75, 3.05) is 46.9 Å². The zero-order valence-corrected chi connectivity index (χ0v) is 18.9. The van der Waals surface area contributed by atoms with Gasteiger partial charge in [0.15, 0.2) is 5.96 Å². The van der Waals surface area contributed by atoms with Crippen LogP contribution in [0.2, 0.25) is 0 Å². The number of hydrogen-bond donors (Lipinski definition) is 2. The number of likely N-dealkylation sites (N-methyl/N-ethyl adjacent to an activating group) is 1. The molecule has 6 nitrogen and oxygen atoms in total. The lowest BCUT2D eigenvalue weighted by Gasteiger charge is -2.20. The van der Waals surface area contributed by atoms with Crippen molar-refractivity contribution >= 4 is 35.8 Å². The first kappa shape index (κ1) is 22.9. The van der Waals surface area contributed by atoms with Crippen molar-refractivity contribution in [2.45, 2.75) is 24.7 Å². The van der Waals surface area contributed by atoms with Crippen LogP contribution in [-0.2, 0) is 14.9 Å². The summed E-state index contributed by atoms with van der Waals surface area (Å²) in [6.07, 6.45) is 3.07. The van der Waals surface area contributed by atoms with Crippen LogP contribution in [-0.4, -0.2) is 63.7 Å². The summed E-state index contributed by atoms with van der Waals surface area (Å²) in [6.45, 7) is 3.07. The van der Waals surface area contributed by atoms with E-state index in [1.165, 1.54) is 11.0 Å². The molecule has 1 amide bonds. The van der Waals surface area contributed by atoms with Crippen LogP contribution in [0.5, 0.6) is 0 Å². The van der Waals surface area contributed by atoms with Crippen LogP contribution in [0.4, 0.5) is 4.39 Å². The van der Waals surface area contributed by atoms with Gasteiger partial charge in [-0.3, -0.25) is 4.79 Å². The summed E-state index contributed by atoms with van der Waals surface area (Å²) in [4.78, 5) is 17.8. The molecular formula is C20H30FIN4O2. The molecule has 1 aromatic rings. The van der Waals surface area contributed by atoms with E-state index in [-0.39, 0.29) is 47.7 Å². The zero-order valence-electron chi connectivity index (χ0n) is 16.5. The van der Waals surface area contributed by atoms with Gasteiger partial charge in [-0.25, -0.2) is 9.38 Å². The van der Waals surface area contributed by atoms with E-state index in [2.05, 4.69) is 15.6 Å². The molecule has 0 aromatic heterocycles. The number of carbonyl (C=O) groups is 1. The highest BCUT2D eigenvalue weighted by Gasteiger charge is 2.44. The largest absolute Gasteiger partial charge is 0.381 e. The van der Waals surface area contributed by atoms with E-state index in [9.17, 15) is 9.18 Å². The van der Waals surface area contributed by atoms with Gasteiger partial charge in [0, 0.05) is 45.1 Å². The van der Waals surface area contributed by atoms with Crippen molar-refractivity contribution in [3.63, 3.8) is 0 Å². The molecule has 156 valence electrons. The molecule has 2 fully saturated rings. The fourth-order valence-electron chi connectivity index (χ4n) is 3.24. The molecule has 2 aliphatic rings. The molecule has 0 radical (unpaired) electrons. The Morgan fingerprint density at radius 3 is 2.75 bits per heavy atom. The molecule has 1 atom stereocenters. The Bertz CT molecular complexity index is 689. The Balaban J connectivity index is 0.00000280. The molecule has 28 heavy (non-hydrogen) atoms. The molecule has 1 heterocycles. The van der Waals surface area contributed by atoms with Crippen LogP contribution >= 0.6 is 24.0 Å². The smallest absolute Gasteiger partial charge is 0.243 e. The lowest BCUT2D eigenvalue weighted by atomic mass is 9.96. The van der Waals surface area contributed by atoms with Crippen LogP contribution < -0.4 is 10.6 Å². The monoisotopic (exact) mass is 504 g/mol. The number of rotatable bonds is 7. The zero-order chi connectivity index (χ0) is 19.3. The molecule has 1 saturated heterocycles. The number of benzene rings is 1. The summed E-state index contributed by atoms with van der Waals surface area (Å²) < 4.78 is 19.0. The van der Waals surface area contributed by atoms with Crippen molar-refractivity contribution in [1.29, 1.82) is 0 Å². The van der Waals surface area contributed by atoms with Gasteiger partial charge in [-0.15, -0.1) is 24.0 Å². The van der Waals surface area contributed by atoms with Crippen molar-refractivity contribution in [3.05, 3.63) is 35.6 Å². The predicted molar refractivity (Wildman–Crippen MR) is 119 cm³/mol. The van der Waals surface area contributed by atoms with Crippen molar-refractivity contribution < 1.29 is 13.9 Å². The SMILES string of the molecule is CN(C)C(=O)CN=C(NCC1CCOC1)NCC1(c2cccc(F)c2)CC1.I. The summed E-state index contributed by atoms with van der Waals surface area (Å²) >= 11 is 0. The highest BCUT2D eigenvalue weighted by molar-refractivity contribution is 14.0. The molecule has 1 aromatic carbocycles. The highest BCUT2D eigenvalue weighted by Crippen LogP contribution is 2.47. The first-order valence-electron chi connectivity index (χ1n) is 9.55. The Labute approximate surface area is 183 Å². The Hall–Kier alpha value is -1.42. The minimum absolute atomic E-state index is 0. The average molecular weight is 504 g/mol. The van der Waals surface area contributed by atoms with Crippen LogP contribution in [0.15, 0.2) is 29.3 Å². The minimum Gasteiger partial charge on any atom is -0.381 e. The summed E-state index contributed by atoms with van der Waals surface area (Å²) in [5.74, 6) is 0.828. The van der Waals surface area contributed by atoms with Crippen LogP contribution in [0, 0.1) is 11.7 Å². The lowest BCUT2D eigenvalue weighted by Crippen LogP contribution is -2.43. The predicted octanol–water partition coefficient (Wildman–Crippen LogP) is 2.14. The Kier molecular flexibility index (Phi) is 8.48. The fourth-order valence-corrected chi connectivity index (χ4v) is 3.24. The molecule has 1 aliphatic carbocycles. The topological polar surface area (TPSA) is 66.0 Å².